The van der Waals surface area contributed by atoms with Gasteiger partial charge in [0, 0.05) is 24.0 Å². The van der Waals surface area contributed by atoms with Gasteiger partial charge in [0.1, 0.15) is 0 Å². The van der Waals surface area contributed by atoms with E-state index >= 15 is 0 Å². The first kappa shape index (κ1) is 13.9. The van der Waals surface area contributed by atoms with Gasteiger partial charge in [-0.15, -0.1) is 0 Å². The highest BCUT2D eigenvalue weighted by molar-refractivity contribution is 6.00. The van der Waals surface area contributed by atoms with Crippen molar-refractivity contribution >= 4 is 17.3 Å². The number of anilines is 2. The van der Waals surface area contributed by atoms with Gasteiger partial charge in [0.15, 0.2) is 5.76 Å². The second-order valence-electron chi connectivity index (χ2n) is 4.45. The van der Waals surface area contributed by atoms with Crippen molar-refractivity contribution in [1.29, 1.82) is 0 Å². The van der Waals surface area contributed by atoms with E-state index in [1.165, 1.54) is 0 Å². The third kappa shape index (κ3) is 3.28. The maximum absolute atomic E-state index is 12.0. The summed E-state index contributed by atoms with van der Waals surface area (Å²) in [6.45, 7) is 4.74. The van der Waals surface area contributed by atoms with Crippen LogP contribution in [0.2, 0.25) is 0 Å². The minimum atomic E-state index is -0.135. The Hall–Kier alpha value is -2.50. The van der Waals surface area contributed by atoms with Gasteiger partial charge in [-0.25, -0.2) is 0 Å². The molecular formula is C14H18N4O2. The zero-order chi connectivity index (χ0) is 14.5. The topological polar surface area (TPSA) is 93.2 Å². The molecule has 0 radical (unpaired) electrons. The zero-order valence-electron chi connectivity index (χ0n) is 11.6. The Bertz CT molecular complexity index is 607. The van der Waals surface area contributed by atoms with Gasteiger partial charge in [0.05, 0.1) is 17.8 Å². The Labute approximate surface area is 117 Å². The number of hydrogen-bond donors (Lipinski definition) is 3. The lowest BCUT2D eigenvalue weighted by molar-refractivity contribution is 0.0956. The van der Waals surface area contributed by atoms with Crippen LogP contribution in [0.1, 0.15) is 28.7 Å². The number of carbonyl (C=O) groups excluding carboxylic acids is 1. The summed E-state index contributed by atoms with van der Waals surface area (Å²) in [6, 6.07) is 6.97. The average molecular weight is 274 g/mol. The smallest absolute Gasteiger partial charge is 0.253 e. The molecule has 0 aliphatic heterocycles. The molecule has 6 nitrogen and oxygen atoms in total. The molecule has 2 rings (SSSR count). The number of amides is 1. The predicted octanol–water partition coefficient (Wildman–Crippen LogP) is 1.93. The minimum absolute atomic E-state index is 0.135. The number of benzene rings is 1. The molecule has 2 aromatic rings. The largest absolute Gasteiger partial charge is 0.399 e. The van der Waals surface area contributed by atoms with Gasteiger partial charge < -0.3 is 20.9 Å². The average Bonchev–Trinajstić information content (AvgIpc) is 2.82. The summed E-state index contributed by atoms with van der Waals surface area (Å²) in [6.07, 6.45) is 0. The van der Waals surface area contributed by atoms with Gasteiger partial charge in [-0.3, -0.25) is 4.79 Å². The van der Waals surface area contributed by atoms with E-state index in [1.807, 2.05) is 19.9 Å². The molecule has 106 valence electrons. The SMILES string of the molecule is CCNC(=O)c1ccc(N)cc1NCc1cc(C)no1. The molecule has 0 spiro atoms. The Kier molecular flexibility index (Phi) is 4.24. The zero-order valence-corrected chi connectivity index (χ0v) is 11.6. The fourth-order valence-electron chi connectivity index (χ4n) is 1.84. The van der Waals surface area contributed by atoms with Crippen molar-refractivity contribution in [3.63, 3.8) is 0 Å². The van der Waals surface area contributed by atoms with Crippen LogP contribution in [0.3, 0.4) is 0 Å². The normalized spacial score (nSPS) is 10.3. The monoisotopic (exact) mass is 274 g/mol. The van der Waals surface area contributed by atoms with E-state index in [9.17, 15) is 4.79 Å². The molecule has 0 aliphatic carbocycles. The number of nitrogens with zero attached hydrogens (tertiary/aromatic N) is 1. The number of carbonyl (C=O) groups is 1. The van der Waals surface area contributed by atoms with Crippen LogP contribution in [-0.2, 0) is 6.54 Å². The maximum Gasteiger partial charge on any atom is 0.253 e. The molecule has 1 aromatic carbocycles. The standard InChI is InChI=1S/C14H18N4O2/c1-3-16-14(19)12-5-4-10(15)7-13(12)17-8-11-6-9(2)18-20-11/h4-7,17H,3,8,15H2,1-2H3,(H,16,19). The van der Waals surface area contributed by atoms with Crippen molar-refractivity contribution in [3.8, 4) is 0 Å². The summed E-state index contributed by atoms with van der Waals surface area (Å²) < 4.78 is 5.12. The van der Waals surface area contributed by atoms with Crippen LogP contribution in [0, 0.1) is 6.92 Å². The molecular weight excluding hydrogens is 256 g/mol. The summed E-state index contributed by atoms with van der Waals surface area (Å²) in [5.41, 5.74) is 8.40. The third-order valence-corrected chi connectivity index (χ3v) is 2.76. The fraction of sp³-hybridized carbons (Fsp3) is 0.286. The van der Waals surface area contributed by atoms with Crippen molar-refractivity contribution in [2.24, 2.45) is 0 Å². The van der Waals surface area contributed by atoms with E-state index in [0.29, 0.717) is 35.8 Å². The minimum Gasteiger partial charge on any atom is -0.399 e. The summed E-state index contributed by atoms with van der Waals surface area (Å²) in [5.74, 6) is 0.565. The molecule has 6 heteroatoms. The molecule has 1 amide bonds. The van der Waals surface area contributed by atoms with Crippen LogP contribution in [-0.4, -0.2) is 17.6 Å². The number of hydrogen-bond acceptors (Lipinski definition) is 5. The Morgan fingerprint density at radius 3 is 2.85 bits per heavy atom. The van der Waals surface area contributed by atoms with Crippen LogP contribution < -0.4 is 16.4 Å². The molecule has 4 N–H and O–H groups in total. The quantitative estimate of drug-likeness (QED) is 0.724. The molecule has 0 bridgehead atoms. The molecule has 0 atom stereocenters. The van der Waals surface area contributed by atoms with Crippen molar-refractivity contribution in [1.82, 2.24) is 10.5 Å². The lowest BCUT2D eigenvalue weighted by Gasteiger charge is -2.11. The lowest BCUT2D eigenvalue weighted by atomic mass is 10.1. The second-order valence-corrected chi connectivity index (χ2v) is 4.45. The van der Waals surface area contributed by atoms with Crippen molar-refractivity contribution in [2.45, 2.75) is 20.4 Å². The first-order valence-corrected chi connectivity index (χ1v) is 6.44. The van der Waals surface area contributed by atoms with Gasteiger partial charge in [0.2, 0.25) is 0 Å². The van der Waals surface area contributed by atoms with Gasteiger partial charge in [0.25, 0.3) is 5.91 Å². The summed E-state index contributed by atoms with van der Waals surface area (Å²) in [5, 5.41) is 9.73. The number of aromatic nitrogens is 1. The molecule has 1 aromatic heterocycles. The number of nitrogens with one attached hydrogen (secondary N) is 2. The van der Waals surface area contributed by atoms with Crippen LogP contribution in [0.15, 0.2) is 28.8 Å². The number of rotatable bonds is 5. The molecule has 20 heavy (non-hydrogen) atoms. The molecule has 0 saturated carbocycles. The molecule has 0 saturated heterocycles. The van der Waals surface area contributed by atoms with Gasteiger partial charge >= 0.3 is 0 Å². The summed E-state index contributed by atoms with van der Waals surface area (Å²) in [7, 11) is 0. The van der Waals surface area contributed by atoms with Gasteiger partial charge in [-0.05, 0) is 32.0 Å². The van der Waals surface area contributed by atoms with Crippen LogP contribution >= 0.6 is 0 Å². The maximum atomic E-state index is 12.0. The highest BCUT2D eigenvalue weighted by Crippen LogP contribution is 2.20. The van der Waals surface area contributed by atoms with Crippen molar-refractivity contribution in [3.05, 3.63) is 41.3 Å². The fourth-order valence-corrected chi connectivity index (χ4v) is 1.84. The number of nitrogens with two attached hydrogens (primary N) is 1. The Morgan fingerprint density at radius 1 is 1.40 bits per heavy atom. The van der Waals surface area contributed by atoms with Gasteiger partial charge in [-0.1, -0.05) is 5.16 Å². The highest BCUT2D eigenvalue weighted by Gasteiger charge is 2.11. The van der Waals surface area contributed by atoms with E-state index < -0.39 is 0 Å². The first-order chi connectivity index (χ1) is 9.60. The van der Waals surface area contributed by atoms with E-state index in [4.69, 9.17) is 10.3 Å². The third-order valence-electron chi connectivity index (χ3n) is 2.76. The van der Waals surface area contributed by atoms with Crippen LogP contribution in [0.4, 0.5) is 11.4 Å². The molecule has 0 fully saturated rings. The van der Waals surface area contributed by atoms with Crippen LogP contribution in [0.5, 0.6) is 0 Å². The Morgan fingerprint density at radius 2 is 2.20 bits per heavy atom. The summed E-state index contributed by atoms with van der Waals surface area (Å²) >= 11 is 0. The van der Waals surface area contributed by atoms with E-state index in [2.05, 4.69) is 15.8 Å². The molecule has 1 heterocycles. The molecule has 0 aliphatic rings. The number of aryl methyl sites for hydroxylation is 1. The Balaban J connectivity index is 2.16. The van der Waals surface area contributed by atoms with E-state index in [1.54, 1.807) is 18.2 Å². The van der Waals surface area contributed by atoms with Crippen LogP contribution in [0.25, 0.3) is 0 Å². The van der Waals surface area contributed by atoms with E-state index in [-0.39, 0.29) is 5.91 Å². The summed E-state index contributed by atoms with van der Waals surface area (Å²) in [4.78, 5) is 12.0. The second kappa shape index (κ2) is 6.10. The van der Waals surface area contributed by atoms with Crippen molar-refractivity contribution in [2.75, 3.05) is 17.6 Å². The first-order valence-electron chi connectivity index (χ1n) is 6.44. The predicted molar refractivity (Wildman–Crippen MR) is 77.4 cm³/mol. The highest BCUT2D eigenvalue weighted by atomic mass is 16.5. The molecule has 0 unspecified atom stereocenters. The lowest BCUT2D eigenvalue weighted by Crippen LogP contribution is -2.23. The van der Waals surface area contributed by atoms with E-state index in [0.717, 1.165) is 5.69 Å². The van der Waals surface area contributed by atoms with Gasteiger partial charge in [-0.2, -0.15) is 0 Å². The van der Waals surface area contributed by atoms with Crippen molar-refractivity contribution < 1.29 is 9.32 Å². The number of nitrogen functional groups attached to an aromatic ring is 1.